The quantitative estimate of drug-likeness (QED) is 0.704. The molecule has 23 heavy (non-hydrogen) atoms. The molecule has 0 saturated heterocycles. The van der Waals surface area contributed by atoms with Crippen LogP contribution in [0.25, 0.3) is 0 Å². The first-order valence-corrected chi connectivity index (χ1v) is 7.60. The zero-order valence-electron chi connectivity index (χ0n) is 14.4. The Labute approximate surface area is 136 Å². The predicted octanol–water partition coefficient (Wildman–Crippen LogP) is 0.773. The van der Waals surface area contributed by atoms with Gasteiger partial charge in [0.15, 0.2) is 11.6 Å². The molecule has 128 valence electrons. The van der Waals surface area contributed by atoms with Gasteiger partial charge in [0.1, 0.15) is 5.60 Å². The van der Waals surface area contributed by atoms with Crippen molar-refractivity contribution in [1.29, 1.82) is 0 Å². The lowest BCUT2D eigenvalue weighted by molar-refractivity contribution is -0.149. The molecule has 2 N–H and O–H groups in total. The lowest BCUT2D eigenvalue weighted by Crippen LogP contribution is -2.46. The minimum Gasteiger partial charge on any atom is -0.395 e. The van der Waals surface area contributed by atoms with E-state index in [1.807, 2.05) is 0 Å². The van der Waals surface area contributed by atoms with Gasteiger partial charge in [0, 0.05) is 35.9 Å². The van der Waals surface area contributed by atoms with Crippen molar-refractivity contribution in [2.75, 3.05) is 20.2 Å². The summed E-state index contributed by atoms with van der Waals surface area (Å²) >= 11 is 0. The summed E-state index contributed by atoms with van der Waals surface area (Å²) in [6.07, 6.45) is 0.173. The molecule has 1 amide bonds. The Morgan fingerprint density at radius 1 is 1.09 bits per heavy atom. The number of rotatable bonds is 6. The van der Waals surface area contributed by atoms with Crippen LogP contribution < -0.4 is 0 Å². The summed E-state index contributed by atoms with van der Waals surface area (Å²) in [5.74, 6) is -0.894. The zero-order valence-corrected chi connectivity index (χ0v) is 14.4. The number of hydrogen-bond acceptors (Lipinski definition) is 5. The van der Waals surface area contributed by atoms with Crippen molar-refractivity contribution in [2.24, 2.45) is 0 Å². The number of aliphatic hydroxyl groups is 2. The molecule has 0 aromatic heterocycles. The second-order valence-electron chi connectivity index (χ2n) is 6.24. The second-order valence-corrected chi connectivity index (χ2v) is 6.24. The predicted molar refractivity (Wildman–Crippen MR) is 85.7 cm³/mol. The minimum absolute atomic E-state index is 0.0274. The SMILES string of the molecule is CC1=C(C)C(=O)C(CCC(C)(O)C(=O)N(C)CCO)=C(C)C1=O. The molecule has 0 bridgehead atoms. The summed E-state index contributed by atoms with van der Waals surface area (Å²) in [5, 5.41) is 19.2. The van der Waals surface area contributed by atoms with E-state index in [1.165, 1.54) is 18.9 Å². The highest BCUT2D eigenvalue weighted by molar-refractivity contribution is 6.24. The number of hydrogen-bond donors (Lipinski definition) is 2. The van der Waals surface area contributed by atoms with Crippen LogP contribution in [0.4, 0.5) is 0 Å². The van der Waals surface area contributed by atoms with Crippen molar-refractivity contribution in [3.63, 3.8) is 0 Å². The normalized spacial score (nSPS) is 18.4. The molecule has 6 heteroatoms. The van der Waals surface area contributed by atoms with Gasteiger partial charge in [0.2, 0.25) is 0 Å². The lowest BCUT2D eigenvalue weighted by atomic mass is 9.82. The van der Waals surface area contributed by atoms with Gasteiger partial charge in [-0.1, -0.05) is 0 Å². The highest BCUT2D eigenvalue weighted by atomic mass is 16.3. The van der Waals surface area contributed by atoms with Crippen LogP contribution in [0.5, 0.6) is 0 Å². The molecule has 0 spiro atoms. The van der Waals surface area contributed by atoms with E-state index in [1.54, 1.807) is 20.8 Å². The molecule has 0 fully saturated rings. The van der Waals surface area contributed by atoms with Crippen molar-refractivity contribution >= 4 is 17.5 Å². The van der Waals surface area contributed by atoms with Crippen molar-refractivity contribution in [3.8, 4) is 0 Å². The van der Waals surface area contributed by atoms with Gasteiger partial charge in [-0.2, -0.15) is 0 Å². The average molecular weight is 323 g/mol. The molecule has 0 aliphatic heterocycles. The van der Waals surface area contributed by atoms with Crippen LogP contribution in [-0.4, -0.2) is 58.4 Å². The van der Waals surface area contributed by atoms with Gasteiger partial charge in [0.05, 0.1) is 6.61 Å². The van der Waals surface area contributed by atoms with Crippen LogP contribution in [0.2, 0.25) is 0 Å². The van der Waals surface area contributed by atoms with Crippen molar-refractivity contribution in [2.45, 2.75) is 46.1 Å². The topological polar surface area (TPSA) is 94.9 Å². The minimum atomic E-state index is -1.66. The fourth-order valence-corrected chi connectivity index (χ4v) is 2.59. The third-order valence-corrected chi connectivity index (χ3v) is 4.42. The zero-order chi connectivity index (χ0) is 17.9. The Morgan fingerprint density at radius 3 is 2.13 bits per heavy atom. The molecule has 1 unspecified atom stereocenters. The van der Waals surface area contributed by atoms with E-state index >= 15 is 0 Å². The van der Waals surface area contributed by atoms with Gasteiger partial charge >= 0.3 is 0 Å². The van der Waals surface area contributed by atoms with Crippen LogP contribution in [0, 0.1) is 0 Å². The van der Waals surface area contributed by atoms with Gasteiger partial charge in [-0.15, -0.1) is 0 Å². The molecule has 0 aromatic rings. The number of nitrogens with zero attached hydrogens (tertiary/aromatic N) is 1. The van der Waals surface area contributed by atoms with Gasteiger partial charge in [-0.25, -0.2) is 0 Å². The molecule has 1 atom stereocenters. The smallest absolute Gasteiger partial charge is 0.254 e. The maximum absolute atomic E-state index is 12.3. The number of ketones is 2. The third-order valence-electron chi connectivity index (χ3n) is 4.42. The number of likely N-dealkylation sites (N-methyl/N-ethyl adjacent to an activating group) is 1. The summed E-state index contributed by atoms with van der Waals surface area (Å²) in [4.78, 5) is 37.8. The summed E-state index contributed by atoms with van der Waals surface area (Å²) in [7, 11) is 1.49. The average Bonchev–Trinajstić information content (AvgIpc) is 2.50. The summed E-state index contributed by atoms with van der Waals surface area (Å²) in [6.45, 7) is 6.13. The van der Waals surface area contributed by atoms with E-state index in [4.69, 9.17) is 5.11 Å². The highest BCUT2D eigenvalue weighted by Gasteiger charge is 2.35. The van der Waals surface area contributed by atoms with Gasteiger partial charge in [-0.05, 0) is 40.5 Å². The van der Waals surface area contributed by atoms with Crippen LogP contribution in [0.15, 0.2) is 22.3 Å². The monoisotopic (exact) mass is 323 g/mol. The third kappa shape index (κ3) is 3.95. The molecule has 0 heterocycles. The largest absolute Gasteiger partial charge is 0.395 e. The van der Waals surface area contributed by atoms with E-state index in [9.17, 15) is 19.5 Å². The molecule has 1 aliphatic rings. The van der Waals surface area contributed by atoms with Crippen LogP contribution in [0.1, 0.15) is 40.5 Å². The van der Waals surface area contributed by atoms with E-state index in [2.05, 4.69) is 0 Å². The molecular weight excluding hydrogens is 298 g/mol. The van der Waals surface area contributed by atoms with Crippen LogP contribution in [0.3, 0.4) is 0 Å². The molecule has 0 aromatic carbocycles. The summed E-state index contributed by atoms with van der Waals surface area (Å²) in [6, 6.07) is 0. The Morgan fingerprint density at radius 2 is 1.61 bits per heavy atom. The molecule has 6 nitrogen and oxygen atoms in total. The van der Waals surface area contributed by atoms with Crippen LogP contribution in [-0.2, 0) is 14.4 Å². The highest BCUT2D eigenvalue weighted by Crippen LogP contribution is 2.29. The van der Waals surface area contributed by atoms with Crippen LogP contribution >= 0.6 is 0 Å². The first-order valence-electron chi connectivity index (χ1n) is 7.60. The maximum Gasteiger partial charge on any atom is 0.254 e. The number of aliphatic hydroxyl groups excluding tert-OH is 1. The molecule has 1 aliphatic carbocycles. The molecule has 0 saturated carbocycles. The Kier molecular flexibility index (Phi) is 6.02. The van der Waals surface area contributed by atoms with Crippen molar-refractivity contribution < 1.29 is 24.6 Å². The Balaban J connectivity index is 2.91. The Bertz CT molecular complexity index is 598. The fourth-order valence-electron chi connectivity index (χ4n) is 2.59. The fraction of sp³-hybridized carbons (Fsp3) is 0.588. The summed E-state index contributed by atoms with van der Waals surface area (Å²) in [5.41, 5.74) is -0.0632. The molecule has 1 rings (SSSR count). The molecule has 0 radical (unpaired) electrons. The lowest BCUT2D eigenvalue weighted by Gasteiger charge is -2.28. The number of carbonyl (C=O) groups is 3. The van der Waals surface area contributed by atoms with E-state index in [0.29, 0.717) is 22.3 Å². The first kappa shape index (κ1) is 19.3. The molecular formula is C17H25NO5. The standard InChI is InChI=1S/C17H25NO5/c1-10-11(2)15(21)13(12(3)14(10)20)6-7-17(4,23)16(22)18(5)8-9-19/h19,23H,6-9H2,1-5H3. The van der Waals surface area contributed by atoms with Gasteiger partial charge < -0.3 is 15.1 Å². The van der Waals surface area contributed by atoms with E-state index < -0.39 is 11.5 Å². The summed E-state index contributed by atoms with van der Waals surface area (Å²) < 4.78 is 0. The van der Waals surface area contributed by atoms with Crippen molar-refractivity contribution in [3.05, 3.63) is 22.3 Å². The maximum atomic E-state index is 12.3. The van der Waals surface area contributed by atoms with Gasteiger partial charge in [-0.3, -0.25) is 14.4 Å². The number of amides is 1. The second kappa shape index (κ2) is 7.19. The van der Waals surface area contributed by atoms with Gasteiger partial charge in [0.25, 0.3) is 5.91 Å². The van der Waals surface area contributed by atoms with Crippen molar-refractivity contribution in [1.82, 2.24) is 4.90 Å². The number of allylic oxidation sites excluding steroid dienone is 4. The van der Waals surface area contributed by atoms with E-state index in [-0.39, 0.29) is 37.6 Å². The van der Waals surface area contributed by atoms with E-state index in [0.717, 1.165) is 0 Å². The number of Topliss-reactive ketones (excluding diaryl/α,β-unsaturated/α-hetero) is 2. The Hall–Kier alpha value is -1.79. The number of carbonyl (C=O) groups excluding carboxylic acids is 3. The first-order chi connectivity index (χ1) is 10.5.